The molecule has 0 spiro atoms. The van der Waals surface area contributed by atoms with Crippen molar-refractivity contribution in [2.24, 2.45) is 0 Å². The Morgan fingerprint density at radius 1 is 0.913 bits per heavy atom. The number of aryl methyl sites for hydroxylation is 1. The second-order valence-electron chi connectivity index (χ2n) is 6.96. The van der Waals surface area contributed by atoms with Gasteiger partial charge in [0, 0.05) is 5.56 Å². The molecule has 0 saturated heterocycles. The predicted molar refractivity (Wildman–Crippen MR) is 92.2 cm³/mol. The van der Waals surface area contributed by atoms with E-state index in [0.29, 0.717) is 12.4 Å². The van der Waals surface area contributed by atoms with Gasteiger partial charge in [-0.1, -0.05) is 74.9 Å². The molecule has 4 nitrogen and oxygen atoms in total. The van der Waals surface area contributed by atoms with Crippen molar-refractivity contribution in [2.75, 3.05) is 0 Å². The number of hydrogen-bond acceptors (Lipinski definition) is 3. The zero-order valence-electron chi connectivity index (χ0n) is 14.1. The van der Waals surface area contributed by atoms with E-state index in [9.17, 15) is 0 Å². The van der Waals surface area contributed by atoms with Crippen LogP contribution in [0.2, 0.25) is 0 Å². The van der Waals surface area contributed by atoms with Gasteiger partial charge < -0.3 is 0 Å². The molecule has 3 aromatic rings. The Morgan fingerprint density at radius 3 is 2.17 bits per heavy atom. The quantitative estimate of drug-likeness (QED) is 0.734. The number of nitrogens with zero attached hydrogens (tertiary/aromatic N) is 4. The fourth-order valence-electron chi connectivity index (χ4n) is 2.40. The average molecular weight is 306 g/mol. The van der Waals surface area contributed by atoms with E-state index < -0.39 is 0 Å². The second kappa shape index (κ2) is 5.95. The lowest BCUT2D eigenvalue weighted by Crippen LogP contribution is -2.11. The molecule has 0 atom stereocenters. The maximum Gasteiger partial charge on any atom is 0.204 e. The van der Waals surface area contributed by atoms with Crippen LogP contribution in [0.1, 0.15) is 37.5 Å². The molecule has 118 valence electrons. The molecule has 0 aliphatic rings. The van der Waals surface area contributed by atoms with Gasteiger partial charge in [0.05, 0.1) is 6.54 Å². The lowest BCUT2D eigenvalue weighted by atomic mass is 9.87. The average Bonchev–Trinajstić information content (AvgIpc) is 2.96. The molecule has 0 aliphatic carbocycles. The van der Waals surface area contributed by atoms with E-state index >= 15 is 0 Å². The topological polar surface area (TPSA) is 43.6 Å². The lowest BCUT2D eigenvalue weighted by molar-refractivity contribution is 0.570. The van der Waals surface area contributed by atoms with Crippen molar-refractivity contribution in [3.63, 3.8) is 0 Å². The van der Waals surface area contributed by atoms with E-state index in [1.807, 2.05) is 12.1 Å². The van der Waals surface area contributed by atoms with Crippen LogP contribution in [-0.2, 0) is 12.0 Å². The summed E-state index contributed by atoms with van der Waals surface area (Å²) >= 11 is 0. The highest BCUT2D eigenvalue weighted by molar-refractivity contribution is 5.54. The van der Waals surface area contributed by atoms with E-state index in [0.717, 1.165) is 5.56 Å². The summed E-state index contributed by atoms with van der Waals surface area (Å²) in [4.78, 5) is 1.64. The van der Waals surface area contributed by atoms with E-state index in [1.165, 1.54) is 16.7 Å². The molecule has 2 aromatic carbocycles. The first-order valence-corrected chi connectivity index (χ1v) is 7.86. The Labute approximate surface area is 137 Å². The Kier molecular flexibility index (Phi) is 3.99. The van der Waals surface area contributed by atoms with Gasteiger partial charge in [-0.3, -0.25) is 0 Å². The Balaban J connectivity index is 1.75. The highest BCUT2D eigenvalue weighted by Gasteiger charge is 2.13. The summed E-state index contributed by atoms with van der Waals surface area (Å²) in [6, 6.07) is 16.8. The van der Waals surface area contributed by atoms with Gasteiger partial charge >= 0.3 is 0 Å². The molecule has 0 fully saturated rings. The fourth-order valence-corrected chi connectivity index (χ4v) is 2.40. The first kappa shape index (κ1) is 15.4. The van der Waals surface area contributed by atoms with E-state index in [1.54, 1.807) is 4.80 Å². The number of aromatic nitrogens is 4. The van der Waals surface area contributed by atoms with Gasteiger partial charge in [-0.05, 0) is 28.7 Å². The van der Waals surface area contributed by atoms with Crippen molar-refractivity contribution in [3.05, 3.63) is 65.2 Å². The molecule has 4 heteroatoms. The smallest absolute Gasteiger partial charge is 0.159 e. The van der Waals surface area contributed by atoms with Crippen LogP contribution in [0, 0.1) is 6.92 Å². The van der Waals surface area contributed by atoms with Gasteiger partial charge in [-0.15, -0.1) is 10.2 Å². The van der Waals surface area contributed by atoms with E-state index in [2.05, 4.69) is 79.5 Å². The van der Waals surface area contributed by atoms with E-state index in [-0.39, 0.29) is 5.41 Å². The molecule has 0 unspecified atom stereocenters. The second-order valence-corrected chi connectivity index (χ2v) is 6.96. The summed E-state index contributed by atoms with van der Waals surface area (Å²) in [5, 5.41) is 12.8. The minimum atomic E-state index is 0.169. The number of tetrazole rings is 1. The zero-order chi connectivity index (χ0) is 16.4. The van der Waals surface area contributed by atoms with Crippen molar-refractivity contribution in [1.29, 1.82) is 0 Å². The maximum absolute atomic E-state index is 4.47. The minimum Gasteiger partial charge on any atom is -0.159 e. The van der Waals surface area contributed by atoms with Gasteiger partial charge in [0.2, 0.25) is 5.82 Å². The maximum atomic E-state index is 4.47. The molecule has 1 heterocycles. The molecular weight excluding hydrogens is 284 g/mol. The predicted octanol–water partition coefficient (Wildman–Crippen LogP) is 3.99. The van der Waals surface area contributed by atoms with Crippen LogP contribution in [0.4, 0.5) is 0 Å². The number of benzene rings is 2. The van der Waals surface area contributed by atoms with Crippen molar-refractivity contribution in [2.45, 2.75) is 39.7 Å². The Hall–Kier alpha value is -2.49. The fraction of sp³-hybridized carbons (Fsp3) is 0.316. The van der Waals surface area contributed by atoms with Crippen LogP contribution in [-0.4, -0.2) is 20.2 Å². The third-order valence-corrected chi connectivity index (χ3v) is 3.91. The van der Waals surface area contributed by atoms with Crippen LogP contribution in [0.15, 0.2) is 48.5 Å². The molecule has 1 aromatic heterocycles. The molecular formula is C19H22N4. The van der Waals surface area contributed by atoms with Crippen molar-refractivity contribution >= 4 is 0 Å². The summed E-state index contributed by atoms with van der Waals surface area (Å²) in [5.74, 6) is 0.663. The normalized spacial score (nSPS) is 11.7. The Morgan fingerprint density at radius 2 is 1.57 bits per heavy atom. The third kappa shape index (κ3) is 3.65. The van der Waals surface area contributed by atoms with Crippen molar-refractivity contribution in [1.82, 2.24) is 20.2 Å². The minimum absolute atomic E-state index is 0.169. The highest BCUT2D eigenvalue weighted by Crippen LogP contribution is 2.22. The monoisotopic (exact) mass is 306 g/mol. The molecule has 0 amide bonds. The highest BCUT2D eigenvalue weighted by atomic mass is 15.6. The van der Waals surface area contributed by atoms with Gasteiger partial charge in [0.1, 0.15) is 0 Å². The van der Waals surface area contributed by atoms with Crippen LogP contribution in [0.5, 0.6) is 0 Å². The molecule has 0 N–H and O–H groups in total. The molecule has 0 saturated carbocycles. The standard InChI is InChI=1S/C19H22N4/c1-14-5-9-16(10-6-14)18-20-22-23(21-18)13-15-7-11-17(12-8-15)19(2,3)4/h5-12H,13H2,1-4H3. The van der Waals surface area contributed by atoms with Crippen LogP contribution in [0.25, 0.3) is 11.4 Å². The molecule has 0 radical (unpaired) electrons. The van der Waals surface area contributed by atoms with Gasteiger partial charge in [0.15, 0.2) is 0 Å². The molecule has 3 rings (SSSR count). The first-order valence-electron chi connectivity index (χ1n) is 7.86. The van der Waals surface area contributed by atoms with Gasteiger partial charge in [-0.25, -0.2) is 0 Å². The zero-order valence-corrected chi connectivity index (χ0v) is 14.1. The third-order valence-electron chi connectivity index (χ3n) is 3.91. The van der Waals surface area contributed by atoms with Crippen LogP contribution in [0.3, 0.4) is 0 Å². The number of rotatable bonds is 3. The van der Waals surface area contributed by atoms with Crippen molar-refractivity contribution in [3.8, 4) is 11.4 Å². The lowest BCUT2D eigenvalue weighted by Gasteiger charge is -2.19. The van der Waals surface area contributed by atoms with Gasteiger partial charge in [0.25, 0.3) is 0 Å². The van der Waals surface area contributed by atoms with E-state index in [4.69, 9.17) is 0 Å². The first-order chi connectivity index (χ1) is 10.9. The summed E-state index contributed by atoms with van der Waals surface area (Å²) in [6.07, 6.45) is 0. The summed E-state index contributed by atoms with van der Waals surface area (Å²) < 4.78 is 0. The van der Waals surface area contributed by atoms with Crippen LogP contribution < -0.4 is 0 Å². The largest absolute Gasteiger partial charge is 0.204 e. The Bertz CT molecular complexity index is 777. The summed E-state index contributed by atoms with van der Waals surface area (Å²) in [6.45, 7) is 9.34. The van der Waals surface area contributed by atoms with Crippen molar-refractivity contribution < 1.29 is 0 Å². The SMILES string of the molecule is Cc1ccc(-c2nnn(Cc3ccc(C(C)(C)C)cc3)n2)cc1. The molecule has 0 bridgehead atoms. The number of hydrogen-bond donors (Lipinski definition) is 0. The van der Waals surface area contributed by atoms with Crippen LogP contribution >= 0.6 is 0 Å². The molecule has 23 heavy (non-hydrogen) atoms. The summed E-state index contributed by atoms with van der Waals surface area (Å²) in [7, 11) is 0. The van der Waals surface area contributed by atoms with Gasteiger partial charge in [-0.2, -0.15) is 4.80 Å². The molecule has 0 aliphatic heterocycles. The summed E-state index contributed by atoms with van der Waals surface area (Å²) in [5.41, 5.74) is 4.88.